The second-order valence-corrected chi connectivity index (χ2v) is 10.00. The summed E-state index contributed by atoms with van der Waals surface area (Å²) in [6.45, 7) is 9.94. The summed E-state index contributed by atoms with van der Waals surface area (Å²) in [5.41, 5.74) is 4.25. The molecular weight excluding hydrogens is 432 g/mol. The SMILES string of the molecule is CC.C[C@@H]1Cc2c(ccc3[nH]ncc23)C(c2c(F)cc(N3CCC4(CC3)CNC4)cc2F)N1C. The molecule has 3 aromatic rings. The number of hydrogen-bond acceptors (Lipinski definition) is 4. The van der Waals surface area contributed by atoms with Crippen molar-refractivity contribution in [2.24, 2.45) is 5.41 Å². The molecule has 3 aliphatic rings. The van der Waals surface area contributed by atoms with E-state index in [2.05, 4.69) is 32.2 Å². The van der Waals surface area contributed by atoms with Crippen LogP contribution in [0.15, 0.2) is 30.5 Å². The average Bonchev–Trinajstić information content (AvgIpc) is 3.31. The van der Waals surface area contributed by atoms with Crippen LogP contribution >= 0.6 is 0 Å². The van der Waals surface area contributed by atoms with Crippen molar-refractivity contribution in [2.45, 2.75) is 52.1 Å². The van der Waals surface area contributed by atoms with E-state index in [1.165, 1.54) is 0 Å². The maximum Gasteiger partial charge on any atom is 0.133 e. The molecule has 182 valence electrons. The van der Waals surface area contributed by atoms with E-state index >= 15 is 8.78 Å². The Hall–Kier alpha value is -2.51. The molecular formula is C27H35F2N5. The summed E-state index contributed by atoms with van der Waals surface area (Å²) in [6.07, 6.45) is 4.79. The maximum atomic E-state index is 15.6. The van der Waals surface area contributed by atoms with Crippen LogP contribution in [0, 0.1) is 17.0 Å². The van der Waals surface area contributed by atoms with E-state index in [-0.39, 0.29) is 11.6 Å². The third-order valence-electron chi connectivity index (χ3n) is 8.20. The second-order valence-electron chi connectivity index (χ2n) is 10.00. The zero-order valence-electron chi connectivity index (χ0n) is 20.6. The number of aromatic nitrogens is 2. The first-order valence-corrected chi connectivity index (χ1v) is 12.6. The van der Waals surface area contributed by atoms with E-state index in [1.54, 1.807) is 12.1 Å². The minimum atomic E-state index is -0.465. The molecule has 2 atom stereocenters. The topological polar surface area (TPSA) is 47.2 Å². The molecule has 4 heterocycles. The molecule has 1 spiro atoms. The Bertz CT molecular complexity index is 1150. The molecule has 2 N–H and O–H groups in total. The lowest BCUT2D eigenvalue weighted by atomic mass is 9.73. The van der Waals surface area contributed by atoms with Crippen molar-refractivity contribution in [1.82, 2.24) is 20.4 Å². The first kappa shape index (κ1) is 23.2. The Kier molecular flexibility index (Phi) is 6.10. The molecule has 1 unspecified atom stereocenters. The zero-order chi connectivity index (χ0) is 24.0. The van der Waals surface area contributed by atoms with Crippen molar-refractivity contribution < 1.29 is 8.78 Å². The van der Waals surface area contributed by atoms with Gasteiger partial charge in [0.15, 0.2) is 0 Å². The van der Waals surface area contributed by atoms with E-state index in [4.69, 9.17) is 0 Å². The fraction of sp³-hybridized carbons (Fsp3) is 0.519. The number of nitrogens with one attached hydrogen (secondary N) is 2. The van der Waals surface area contributed by atoms with Crippen LogP contribution in [-0.4, -0.2) is 54.4 Å². The molecule has 0 aliphatic carbocycles. The van der Waals surface area contributed by atoms with Crippen LogP contribution in [0.4, 0.5) is 14.5 Å². The number of piperidine rings is 1. The highest BCUT2D eigenvalue weighted by atomic mass is 19.1. The van der Waals surface area contributed by atoms with E-state index < -0.39 is 17.7 Å². The summed E-state index contributed by atoms with van der Waals surface area (Å²) >= 11 is 0. The van der Waals surface area contributed by atoms with Gasteiger partial charge in [0, 0.05) is 48.9 Å². The number of anilines is 1. The zero-order valence-corrected chi connectivity index (χ0v) is 20.6. The largest absolute Gasteiger partial charge is 0.371 e. The van der Waals surface area contributed by atoms with Gasteiger partial charge in [-0.05, 0) is 68.0 Å². The van der Waals surface area contributed by atoms with Crippen molar-refractivity contribution in [3.05, 3.63) is 58.8 Å². The van der Waals surface area contributed by atoms with Crippen molar-refractivity contribution >= 4 is 16.6 Å². The molecule has 34 heavy (non-hydrogen) atoms. The summed E-state index contributed by atoms with van der Waals surface area (Å²) in [5, 5.41) is 11.6. The number of hydrogen-bond donors (Lipinski definition) is 2. The van der Waals surface area contributed by atoms with Gasteiger partial charge in [-0.1, -0.05) is 19.9 Å². The highest BCUT2D eigenvalue weighted by molar-refractivity contribution is 5.83. The van der Waals surface area contributed by atoms with Crippen molar-refractivity contribution in [3.8, 4) is 0 Å². The maximum absolute atomic E-state index is 15.6. The van der Waals surface area contributed by atoms with Crippen LogP contribution in [0.5, 0.6) is 0 Å². The van der Waals surface area contributed by atoms with Gasteiger partial charge in [-0.15, -0.1) is 0 Å². The first-order valence-electron chi connectivity index (χ1n) is 12.6. The van der Waals surface area contributed by atoms with Crippen LogP contribution in [0.2, 0.25) is 0 Å². The van der Waals surface area contributed by atoms with Gasteiger partial charge in [-0.3, -0.25) is 10.00 Å². The predicted molar refractivity (Wildman–Crippen MR) is 133 cm³/mol. The third kappa shape index (κ3) is 3.69. The van der Waals surface area contributed by atoms with E-state index in [0.717, 1.165) is 67.5 Å². The quantitative estimate of drug-likeness (QED) is 0.556. The van der Waals surface area contributed by atoms with Gasteiger partial charge in [0.05, 0.1) is 17.8 Å². The van der Waals surface area contributed by atoms with Gasteiger partial charge in [0.1, 0.15) is 11.6 Å². The van der Waals surface area contributed by atoms with Gasteiger partial charge >= 0.3 is 0 Å². The van der Waals surface area contributed by atoms with Gasteiger partial charge in [0.2, 0.25) is 0 Å². The number of halogens is 2. The number of nitrogens with zero attached hydrogens (tertiary/aromatic N) is 3. The smallest absolute Gasteiger partial charge is 0.133 e. The lowest BCUT2D eigenvalue weighted by Gasteiger charge is -2.49. The Labute approximate surface area is 200 Å². The monoisotopic (exact) mass is 467 g/mol. The third-order valence-corrected chi connectivity index (χ3v) is 8.20. The molecule has 0 bridgehead atoms. The minimum absolute atomic E-state index is 0.142. The molecule has 0 amide bonds. The summed E-state index contributed by atoms with van der Waals surface area (Å²) in [5.74, 6) is -0.926. The van der Waals surface area contributed by atoms with Gasteiger partial charge in [-0.25, -0.2) is 8.78 Å². The molecule has 2 saturated heterocycles. The second kappa shape index (κ2) is 8.93. The number of likely N-dealkylation sites (N-methyl/N-ethyl adjacent to an activating group) is 1. The van der Waals surface area contributed by atoms with E-state index in [9.17, 15) is 0 Å². The molecule has 0 saturated carbocycles. The highest BCUT2D eigenvalue weighted by Gasteiger charge is 2.40. The lowest BCUT2D eigenvalue weighted by Crippen LogP contribution is -2.58. The van der Waals surface area contributed by atoms with Gasteiger partial charge in [0.25, 0.3) is 0 Å². The van der Waals surface area contributed by atoms with Crippen molar-refractivity contribution in [3.63, 3.8) is 0 Å². The molecule has 5 nitrogen and oxygen atoms in total. The molecule has 2 aromatic carbocycles. The summed E-state index contributed by atoms with van der Waals surface area (Å²) in [4.78, 5) is 4.22. The predicted octanol–water partition coefficient (Wildman–Crippen LogP) is 5.02. The normalized spacial score (nSPS) is 23.9. The molecule has 0 radical (unpaired) electrons. The summed E-state index contributed by atoms with van der Waals surface area (Å²) in [6, 6.07) is 6.72. The van der Waals surface area contributed by atoms with Crippen molar-refractivity contribution in [1.29, 1.82) is 0 Å². The number of aromatic amines is 1. The lowest BCUT2D eigenvalue weighted by molar-refractivity contribution is 0.126. The van der Waals surface area contributed by atoms with Crippen LogP contribution in [0.25, 0.3) is 10.9 Å². The van der Waals surface area contributed by atoms with Crippen LogP contribution in [0.3, 0.4) is 0 Å². The van der Waals surface area contributed by atoms with Crippen molar-refractivity contribution in [2.75, 3.05) is 38.1 Å². The number of benzene rings is 2. The molecule has 1 aromatic heterocycles. The Morgan fingerprint density at radius 2 is 1.74 bits per heavy atom. The summed E-state index contributed by atoms with van der Waals surface area (Å²) in [7, 11) is 1.96. The molecule has 7 heteroatoms. The van der Waals surface area contributed by atoms with Crippen LogP contribution in [0.1, 0.15) is 56.3 Å². The number of H-pyrrole nitrogens is 1. The Morgan fingerprint density at radius 1 is 1.06 bits per heavy atom. The van der Waals surface area contributed by atoms with E-state index in [1.807, 2.05) is 39.2 Å². The van der Waals surface area contributed by atoms with E-state index in [0.29, 0.717) is 11.1 Å². The average molecular weight is 468 g/mol. The van der Waals surface area contributed by atoms with Crippen LogP contribution in [-0.2, 0) is 6.42 Å². The molecule has 3 aliphatic heterocycles. The standard InChI is InChI=1S/C25H29F2N5.C2H6/c1-15-9-18-17(3-4-22-19(18)12-29-30-22)24(31(15)2)23-20(26)10-16(11-21(23)27)32-7-5-25(6-8-32)13-28-14-25;1-2/h3-4,10-12,15,24,28H,5-9,13-14H2,1-2H3,(H,29,30);1-2H3/t15-,24?;/m1./s1. The minimum Gasteiger partial charge on any atom is -0.371 e. The first-order chi connectivity index (χ1) is 16.5. The highest BCUT2D eigenvalue weighted by Crippen LogP contribution is 2.43. The summed E-state index contributed by atoms with van der Waals surface area (Å²) < 4.78 is 31.2. The fourth-order valence-electron chi connectivity index (χ4n) is 5.94. The fourth-order valence-corrected chi connectivity index (χ4v) is 5.94. The molecule has 6 rings (SSSR count). The van der Waals surface area contributed by atoms with Crippen LogP contribution < -0.4 is 10.2 Å². The number of rotatable bonds is 2. The van der Waals surface area contributed by atoms with Gasteiger partial charge in [-0.2, -0.15) is 5.10 Å². The van der Waals surface area contributed by atoms with Gasteiger partial charge < -0.3 is 10.2 Å². The molecule has 2 fully saturated rings. The Morgan fingerprint density at radius 3 is 2.35 bits per heavy atom. The Balaban J connectivity index is 0.00000117. The number of fused-ring (bicyclic) bond motifs is 3.